The number of anilines is 1. The average molecular weight is 285 g/mol. The van der Waals surface area contributed by atoms with Crippen LogP contribution in [-0.4, -0.2) is 22.9 Å². The van der Waals surface area contributed by atoms with Gasteiger partial charge in [0, 0.05) is 18.8 Å². The predicted octanol–water partition coefficient (Wildman–Crippen LogP) is 1.92. The highest BCUT2D eigenvalue weighted by Gasteiger charge is 2.12. The van der Waals surface area contributed by atoms with E-state index in [4.69, 9.17) is 18.0 Å². The van der Waals surface area contributed by atoms with Gasteiger partial charge in [0.05, 0.1) is 6.42 Å². The summed E-state index contributed by atoms with van der Waals surface area (Å²) < 4.78 is 0. The highest BCUT2D eigenvalue weighted by atomic mass is 32.1. The number of pyridine rings is 1. The molecule has 102 valence electrons. The van der Waals surface area contributed by atoms with Crippen LogP contribution in [0.15, 0.2) is 48.7 Å². The van der Waals surface area contributed by atoms with Crippen molar-refractivity contribution < 1.29 is 4.79 Å². The third-order valence-electron chi connectivity index (χ3n) is 2.96. The molecule has 0 spiro atoms. The summed E-state index contributed by atoms with van der Waals surface area (Å²) in [6, 6.07) is 12.8. The van der Waals surface area contributed by atoms with Gasteiger partial charge in [-0.05, 0) is 17.7 Å². The number of nitrogens with zero attached hydrogens (tertiary/aromatic N) is 2. The summed E-state index contributed by atoms with van der Waals surface area (Å²) in [6.45, 7) is 0. The largest absolute Gasteiger partial charge is 0.389 e. The average Bonchev–Trinajstić information content (AvgIpc) is 2.48. The van der Waals surface area contributed by atoms with Crippen LogP contribution in [0.3, 0.4) is 0 Å². The summed E-state index contributed by atoms with van der Waals surface area (Å²) in [4.78, 5) is 18.2. The number of benzene rings is 1. The summed E-state index contributed by atoms with van der Waals surface area (Å²) in [6.07, 6.45) is 1.97. The molecule has 2 N–H and O–H groups in total. The zero-order valence-electron chi connectivity index (χ0n) is 11.1. The molecule has 0 aliphatic heterocycles. The third kappa shape index (κ3) is 3.39. The summed E-state index contributed by atoms with van der Waals surface area (Å²) in [5.41, 5.74) is 7.25. The lowest BCUT2D eigenvalue weighted by Gasteiger charge is -2.16. The maximum Gasteiger partial charge on any atom is 0.232 e. The monoisotopic (exact) mass is 285 g/mol. The Morgan fingerprint density at radius 3 is 2.50 bits per heavy atom. The highest BCUT2D eigenvalue weighted by Crippen LogP contribution is 2.11. The topological polar surface area (TPSA) is 59.2 Å². The molecule has 0 saturated carbocycles. The first-order valence-corrected chi connectivity index (χ1v) is 6.55. The van der Waals surface area contributed by atoms with E-state index in [0.717, 1.165) is 11.1 Å². The molecule has 0 aliphatic rings. The summed E-state index contributed by atoms with van der Waals surface area (Å²) in [5.74, 6) is 0.615. The van der Waals surface area contributed by atoms with E-state index < -0.39 is 0 Å². The maximum atomic E-state index is 12.2. The predicted molar refractivity (Wildman–Crippen MR) is 83.7 cm³/mol. The Bertz CT molecular complexity index is 611. The lowest BCUT2D eigenvalue weighted by molar-refractivity contribution is -0.117. The van der Waals surface area contributed by atoms with Gasteiger partial charge in [0.1, 0.15) is 10.8 Å². The molecule has 0 unspecified atom stereocenters. The summed E-state index contributed by atoms with van der Waals surface area (Å²) in [7, 11) is 1.72. The Hall–Kier alpha value is -2.27. The number of aromatic nitrogens is 1. The van der Waals surface area contributed by atoms with Crippen molar-refractivity contribution in [3.8, 4) is 0 Å². The molecule has 2 aromatic rings. The van der Waals surface area contributed by atoms with Crippen LogP contribution in [0.25, 0.3) is 0 Å². The second kappa shape index (κ2) is 6.25. The first-order chi connectivity index (χ1) is 9.58. The van der Waals surface area contributed by atoms with E-state index in [2.05, 4.69) is 4.98 Å². The van der Waals surface area contributed by atoms with E-state index in [-0.39, 0.29) is 5.91 Å². The number of amides is 1. The fourth-order valence-electron chi connectivity index (χ4n) is 1.76. The minimum atomic E-state index is -0.0215. The minimum Gasteiger partial charge on any atom is -0.389 e. The smallest absolute Gasteiger partial charge is 0.232 e. The number of rotatable bonds is 4. The zero-order valence-corrected chi connectivity index (χ0v) is 11.9. The van der Waals surface area contributed by atoms with E-state index in [1.165, 1.54) is 0 Å². The van der Waals surface area contributed by atoms with E-state index in [0.29, 0.717) is 17.2 Å². The van der Waals surface area contributed by atoms with Crippen LogP contribution in [0.4, 0.5) is 5.82 Å². The van der Waals surface area contributed by atoms with E-state index in [1.54, 1.807) is 24.2 Å². The van der Waals surface area contributed by atoms with Crippen LogP contribution < -0.4 is 10.6 Å². The van der Waals surface area contributed by atoms with Crippen LogP contribution in [-0.2, 0) is 11.2 Å². The molecular weight excluding hydrogens is 270 g/mol. The Balaban J connectivity index is 2.06. The van der Waals surface area contributed by atoms with Crippen molar-refractivity contribution in [3.63, 3.8) is 0 Å². The molecule has 0 bridgehead atoms. The molecule has 0 atom stereocenters. The molecule has 0 aliphatic carbocycles. The van der Waals surface area contributed by atoms with Crippen LogP contribution in [0.2, 0.25) is 0 Å². The molecule has 0 fully saturated rings. The van der Waals surface area contributed by atoms with E-state index in [1.807, 2.05) is 36.4 Å². The number of hydrogen-bond acceptors (Lipinski definition) is 3. The lowest BCUT2D eigenvalue weighted by atomic mass is 10.1. The lowest BCUT2D eigenvalue weighted by Crippen LogP contribution is -2.28. The van der Waals surface area contributed by atoms with Gasteiger partial charge in [-0.15, -0.1) is 0 Å². The summed E-state index contributed by atoms with van der Waals surface area (Å²) in [5, 5.41) is 0. The molecule has 20 heavy (non-hydrogen) atoms. The molecule has 1 heterocycles. The first-order valence-electron chi connectivity index (χ1n) is 6.14. The number of thiocarbonyl (C=S) groups is 1. The van der Waals surface area contributed by atoms with Crippen molar-refractivity contribution in [3.05, 3.63) is 59.8 Å². The van der Waals surface area contributed by atoms with Crippen molar-refractivity contribution in [2.75, 3.05) is 11.9 Å². The molecule has 1 aromatic heterocycles. The van der Waals surface area contributed by atoms with Gasteiger partial charge in [-0.3, -0.25) is 9.69 Å². The Morgan fingerprint density at radius 2 is 1.95 bits per heavy atom. The number of nitrogens with two attached hydrogens (primary N) is 1. The molecule has 4 nitrogen and oxygen atoms in total. The molecule has 1 aromatic carbocycles. The fraction of sp³-hybridized carbons (Fsp3) is 0.133. The van der Waals surface area contributed by atoms with Gasteiger partial charge in [0.2, 0.25) is 5.91 Å². The first kappa shape index (κ1) is 14.1. The van der Waals surface area contributed by atoms with E-state index >= 15 is 0 Å². The van der Waals surface area contributed by atoms with Crippen LogP contribution in [0.5, 0.6) is 0 Å². The molecular formula is C15H15N3OS. The van der Waals surface area contributed by atoms with Crippen molar-refractivity contribution >= 4 is 28.9 Å². The van der Waals surface area contributed by atoms with Gasteiger partial charge in [-0.25, -0.2) is 4.98 Å². The van der Waals surface area contributed by atoms with Crippen LogP contribution in [0, 0.1) is 0 Å². The van der Waals surface area contributed by atoms with Crippen LogP contribution >= 0.6 is 12.2 Å². The molecule has 2 rings (SSSR count). The molecule has 0 saturated heterocycles. The van der Waals surface area contributed by atoms with Gasteiger partial charge < -0.3 is 5.73 Å². The van der Waals surface area contributed by atoms with Crippen LogP contribution in [0.1, 0.15) is 11.1 Å². The third-order valence-corrected chi connectivity index (χ3v) is 3.20. The maximum absolute atomic E-state index is 12.2. The minimum absolute atomic E-state index is 0.0215. The number of likely N-dealkylation sites (N-methyl/N-ethyl adjacent to an activating group) is 1. The van der Waals surface area contributed by atoms with Crippen molar-refractivity contribution in [2.45, 2.75) is 6.42 Å². The van der Waals surface area contributed by atoms with Gasteiger partial charge in [0.15, 0.2) is 0 Å². The molecule has 5 heteroatoms. The normalized spacial score (nSPS) is 10.1. The standard InChI is InChI=1S/C15H15N3OS/c1-18(13-4-2-3-9-17-13)14(19)10-11-5-7-12(8-6-11)15(16)20/h2-9H,10H2,1H3,(H2,16,20). The fourth-order valence-corrected chi connectivity index (χ4v) is 1.90. The quantitative estimate of drug-likeness (QED) is 0.872. The second-order valence-corrected chi connectivity index (χ2v) is 4.82. The van der Waals surface area contributed by atoms with E-state index in [9.17, 15) is 4.79 Å². The van der Waals surface area contributed by atoms with Gasteiger partial charge in [-0.1, -0.05) is 42.5 Å². The van der Waals surface area contributed by atoms with Gasteiger partial charge >= 0.3 is 0 Å². The number of hydrogen-bond donors (Lipinski definition) is 1. The van der Waals surface area contributed by atoms with Crippen molar-refractivity contribution in [1.29, 1.82) is 0 Å². The van der Waals surface area contributed by atoms with Crippen molar-refractivity contribution in [2.24, 2.45) is 5.73 Å². The Labute approximate surface area is 123 Å². The van der Waals surface area contributed by atoms with Crippen molar-refractivity contribution in [1.82, 2.24) is 4.98 Å². The number of carbonyl (C=O) groups is 1. The molecule has 0 radical (unpaired) electrons. The SMILES string of the molecule is CN(C(=O)Cc1ccc(C(N)=S)cc1)c1ccccn1. The zero-order chi connectivity index (χ0) is 14.5. The highest BCUT2D eigenvalue weighted by molar-refractivity contribution is 7.80. The molecule has 1 amide bonds. The Morgan fingerprint density at radius 1 is 1.25 bits per heavy atom. The number of carbonyl (C=O) groups excluding carboxylic acids is 1. The van der Waals surface area contributed by atoms with Gasteiger partial charge in [0.25, 0.3) is 0 Å². The second-order valence-electron chi connectivity index (χ2n) is 4.38. The summed E-state index contributed by atoms with van der Waals surface area (Å²) >= 11 is 4.89. The Kier molecular flexibility index (Phi) is 4.42. The van der Waals surface area contributed by atoms with Gasteiger partial charge in [-0.2, -0.15) is 0 Å².